The molecule has 0 aromatic heterocycles. The minimum absolute atomic E-state index is 0.0404. The van der Waals surface area contributed by atoms with Crippen LogP contribution in [-0.2, 0) is 4.79 Å². The van der Waals surface area contributed by atoms with Gasteiger partial charge in [0, 0.05) is 0 Å². The van der Waals surface area contributed by atoms with Crippen LogP contribution in [0.25, 0.3) is 0 Å². The Hall–Kier alpha value is -1.42. The van der Waals surface area contributed by atoms with E-state index in [0.29, 0.717) is 13.2 Å². The predicted octanol–water partition coefficient (Wildman–Crippen LogP) is 3.68. The number of nitrogens with one attached hydrogen (secondary N) is 1. The Labute approximate surface area is 131 Å². The molecule has 0 fully saturated rings. The Morgan fingerprint density at radius 2 is 1.81 bits per heavy atom. The summed E-state index contributed by atoms with van der Waals surface area (Å²) in [5.41, 5.74) is 0.961. The fourth-order valence-electron chi connectivity index (χ4n) is 1.81. The molecule has 1 rings (SSSR count). The van der Waals surface area contributed by atoms with Crippen molar-refractivity contribution in [3.63, 3.8) is 0 Å². The van der Waals surface area contributed by atoms with Crippen LogP contribution in [0.2, 0.25) is 0 Å². The highest BCUT2D eigenvalue weighted by molar-refractivity contribution is 6.27. The molecule has 0 spiro atoms. The van der Waals surface area contributed by atoms with Crippen LogP contribution in [0.1, 0.15) is 45.2 Å². The summed E-state index contributed by atoms with van der Waals surface area (Å²) in [6.45, 7) is 7.31. The van der Waals surface area contributed by atoms with E-state index in [2.05, 4.69) is 19.2 Å². The van der Waals surface area contributed by atoms with Gasteiger partial charge in [0.25, 0.3) is 0 Å². The fraction of sp³-hybridized carbons (Fsp3) is 0.562. The van der Waals surface area contributed by atoms with E-state index < -0.39 is 0 Å². The Balaban J connectivity index is 2.88. The third-order valence-corrected chi connectivity index (χ3v) is 3.13. The minimum atomic E-state index is -0.188. The lowest BCUT2D eigenvalue weighted by atomic mass is 10.1. The van der Waals surface area contributed by atoms with Gasteiger partial charge in [-0.1, -0.05) is 19.9 Å². The van der Waals surface area contributed by atoms with Gasteiger partial charge in [-0.05, 0) is 37.5 Å². The molecule has 118 valence electrons. The Morgan fingerprint density at radius 3 is 2.38 bits per heavy atom. The van der Waals surface area contributed by atoms with Gasteiger partial charge in [-0.15, -0.1) is 11.6 Å². The zero-order chi connectivity index (χ0) is 15.7. The van der Waals surface area contributed by atoms with Crippen LogP contribution in [0.5, 0.6) is 11.5 Å². The predicted molar refractivity (Wildman–Crippen MR) is 85.3 cm³/mol. The van der Waals surface area contributed by atoms with E-state index in [-0.39, 0.29) is 17.8 Å². The van der Waals surface area contributed by atoms with E-state index >= 15 is 0 Å². The largest absolute Gasteiger partial charge is 0.490 e. The smallest absolute Gasteiger partial charge is 0.235 e. The van der Waals surface area contributed by atoms with Gasteiger partial charge in [-0.2, -0.15) is 0 Å². The first-order valence-corrected chi connectivity index (χ1v) is 7.90. The number of benzene rings is 1. The SMILES string of the molecule is CCCOc1ccc([C@@H](C)NC(=O)CCl)cc1OCCC. The summed E-state index contributed by atoms with van der Waals surface area (Å²) in [5, 5.41) is 2.82. The number of carbonyl (C=O) groups is 1. The van der Waals surface area contributed by atoms with E-state index in [0.717, 1.165) is 29.9 Å². The second kappa shape index (κ2) is 9.50. The number of halogens is 1. The first kappa shape index (κ1) is 17.6. The number of hydrogen-bond donors (Lipinski definition) is 1. The first-order valence-electron chi connectivity index (χ1n) is 7.37. The molecule has 1 N–H and O–H groups in total. The Bertz CT molecular complexity index is 451. The lowest BCUT2D eigenvalue weighted by Crippen LogP contribution is -2.27. The first-order chi connectivity index (χ1) is 10.1. The highest BCUT2D eigenvalue weighted by Gasteiger charge is 2.13. The van der Waals surface area contributed by atoms with Crippen molar-refractivity contribution in [3.8, 4) is 11.5 Å². The zero-order valence-corrected chi connectivity index (χ0v) is 13.7. The van der Waals surface area contributed by atoms with Crippen molar-refractivity contribution >= 4 is 17.5 Å². The van der Waals surface area contributed by atoms with E-state index in [4.69, 9.17) is 21.1 Å². The molecule has 5 heteroatoms. The summed E-state index contributed by atoms with van der Waals surface area (Å²) in [4.78, 5) is 11.4. The highest BCUT2D eigenvalue weighted by atomic mass is 35.5. The molecule has 0 saturated heterocycles. The average molecular weight is 314 g/mol. The number of alkyl halides is 1. The number of amides is 1. The van der Waals surface area contributed by atoms with Crippen LogP contribution in [0.3, 0.4) is 0 Å². The van der Waals surface area contributed by atoms with E-state index in [1.165, 1.54) is 0 Å². The van der Waals surface area contributed by atoms with Gasteiger partial charge in [0.1, 0.15) is 5.88 Å². The van der Waals surface area contributed by atoms with Crippen LogP contribution >= 0.6 is 11.6 Å². The molecule has 0 radical (unpaired) electrons. The second-order valence-electron chi connectivity index (χ2n) is 4.83. The summed E-state index contributed by atoms with van der Waals surface area (Å²) in [6.07, 6.45) is 1.87. The van der Waals surface area contributed by atoms with E-state index in [1.807, 2.05) is 25.1 Å². The van der Waals surface area contributed by atoms with Gasteiger partial charge >= 0.3 is 0 Å². The summed E-state index contributed by atoms with van der Waals surface area (Å²) in [7, 11) is 0. The third kappa shape index (κ3) is 5.84. The van der Waals surface area contributed by atoms with Crippen molar-refractivity contribution in [1.29, 1.82) is 0 Å². The maximum absolute atomic E-state index is 11.4. The van der Waals surface area contributed by atoms with Gasteiger partial charge in [0.15, 0.2) is 11.5 Å². The molecule has 4 nitrogen and oxygen atoms in total. The topological polar surface area (TPSA) is 47.6 Å². The maximum Gasteiger partial charge on any atom is 0.235 e. The second-order valence-corrected chi connectivity index (χ2v) is 5.09. The van der Waals surface area contributed by atoms with Gasteiger partial charge in [0.05, 0.1) is 19.3 Å². The van der Waals surface area contributed by atoms with Crippen molar-refractivity contribution < 1.29 is 14.3 Å². The number of carbonyl (C=O) groups excluding carboxylic acids is 1. The molecule has 1 atom stereocenters. The maximum atomic E-state index is 11.4. The Kier molecular flexibility index (Phi) is 7.98. The molecule has 0 bridgehead atoms. The quantitative estimate of drug-likeness (QED) is 0.707. The van der Waals surface area contributed by atoms with Crippen LogP contribution < -0.4 is 14.8 Å². The van der Waals surface area contributed by atoms with Crippen LogP contribution in [0.4, 0.5) is 0 Å². The van der Waals surface area contributed by atoms with Crippen molar-refractivity contribution in [2.75, 3.05) is 19.1 Å². The van der Waals surface area contributed by atoms with Gasteiger partial charge < -0.3 is 14.8 Å². The number of ether oxygens (including phenoxy) is 2. The fourth-order valence-corrected chi connectivity index (χ4v) is 1.89. The monoisotopic (exact) mass is 313 g/mol. The average Bonchev–Trinajstić information content (AvgIpc) is 2.50. The molecule has 0 unspecified atom stereocenters. The molecule has 0 heterocycles. The normalized spacial score (nSPS) is 11.8. The summed E-state index contributed by atoms with van der Waals surface area (Å²) >= 11 is 5.51. The van der Waals surface area contributed by atoms with E-state index in [1.54, 1.807) is 0 Å². The molecule has 1 amide bonds. The highest BCUT2D eigenvalue weighted by Crippen LogP contribution is 2.31. The van der Waals surface area contributed by atoms with Crippen molar-refractivity contribution in [2.45, 2.75) is 39.7 Å². The standard InChI is InChI=1S/C16H24ClNO3/c1-4-8-20-14-7-6-13(10-15(14)21-9-5-2)12(3)18-16(19)11-17/h6-7,10,12H,4-5,8-9,11H2,1-3H3,(H,18,19)/t12-/m1/s1. The van der Waals surface area contributed by atoms with Gasteiger partial charge in [-0.3, -0.25) is 4.79 Å². The van der Waals surface area contributed by atoms with Crippen LogP contribution in [0, 0.1) is 0 Å². The molecule has 21 heavy (non-hydrogen) atoms. The van der Waals surface area contributed by atoms with Crippen molar-refractivity contribution in [3.05, 3.63) is 23.8 Å². The lowest BCUT2D eigenvalue weighted by Gasteiger charge is -2.17. The minimum Gasteiger partial charge on any atom is -0.490 e. The number of rotatable bonds is 9. The molecular formula is C16H24ClNO3. The zero-order valence-electron chi connectivity index (χ0n) is 12.9. The van der Waals surface area contributed by atoms with E-state index in [9.17, 15) is 4.79 Å². The van der Waals surface area contributed by atoms with Crippen LogP contribution in [0.15, 0.2) is 18.2 Å². The van der Waals surface area contributed by atoms with Crippen LogP contribution in [-0.4, -0.2) is 25.0 Å². The summed E-state index contributed by atoms with van der Waals surface area (Å²) in [5.74, 6) is 1.23. The Morgan fingerprint density at radius 1 is 1.19 bits per heavy atom. The van der Waals surface area contributed by atoms with Crippen molar-refractivity contribution in [2.24, 2.45) is 0 Å². The van der Waals surface area contributed by atoms with Gasteiger partial charge in [0.2, 0.25) is 5.91 Å². The van der Waals surface area contributed by atoms with Crippen molar-refractivity contribution in [1.82, 2.24) is 5.32 Å². The number of hydrogen-bond acceptors (Lipinski definition) is 3. The molecule has 0 aliphatic rings. The molecule has 0 saturated carbocycles. The lowest BCUT2D eigenvalue weighted by molar-refractivity contribution is -0.119. The van der Waals surface area contributed by atoms with Gasteiger partial charge in [-0.25, -0.2) is 0 Å². The third-order valence-electron chi connectivity index (χ3n) is 2.89. The molecule has 1 aromatic rings. The molecule has 0 aliphatic heterocycles. The summed E-state index contributed by atoms with van der Waals surface area (Å²) in [6, 6.07) is 5.61. The molecular weight excluding hydrogens is 290 g/mol. The summed E-state index contributed by atoms with van der Waals surface area (Å²) < 4.78 is 11.4. The molecule has 0 aliphatic carbocycles. The molecule has 1 aromatic carbocycles.